The molecule has 18 heavy (non-hydrogen) atoms. The van der Waals surface area contributed by atoms with Gasteiger partial charge in [0, 0.05) is 32.8 Å². The van der Waals surface area contributed by atoms with Crippen LogP contribution in [0.1, 0.15) is 32.6 Å². The van der Waals surface area contributed by atoms with Gasteiger partial charge < -0.3 is 19.7 Å². The summed E-state index contributed by atoms with van der Waals surface area (Å²) in [5, 5.41) is 3.61. The molecule has 0 amide bonds. The topological polar surface area (TPSA) is 33.7 Å². The summed E-state index contributed by atoms with van der Waals surface area (Å²) in [6, 6.07) is 0.483. The number of likely N-dealkylation sites (tertiary alicyclic amines) is 1. The fraction of sp³-hybridized carbons (Fsp3) is 1.00. The summed E-state index contributed by atoms with van der Waals surface area (Å²) >= 11 is 0. The highest BCUT2D eigenvalue weighted by atomic mass is 16.5. The predicted octanol–water partition coefficient (Wildman–Crippen LogP) is 1.25. The third-order valence-corrected chi connectivity index (χ3v) is 4.19. The average Bonchev–Trinajstić information content (AvgIpc) is 2.38. The number of nitrogens with zero attached hydrogens (tertiary/aromatic N) is 1. The van der Waals surface area contributed by atoms with E-state index in [1.54, 1.807) is 7.11 Å². The van der Waals surface area contributed by atoms with Crippen molar-refractivity contribution in [2.24, 2.45) is 0 Å². The van der Waals surface area contributed by atoms with Crippen LogP contribution in [-0.2, 0) is 9.47 Å². The zero-order valence-electron chi connectivity index (χ0n) is 11.9. The number of rotatable bonds is 7. The van der Waals surface area contributed by atoms with E-state index in [0.29, 0.717) is 12.1 Å². The van der Waals surface area contributed by atoms with Crippen molar-refractivity contribution in [3.05, 3.63) is 0 Å². The van der Waals surface area contributed by atoms with Crippen molar-refractivity contribution in [3.8, 4) is 0 Å². The number of ether oxygens (including phenoxy) is 2. The number of nitrogens with one attached hydrogen (secondary N) is 1. The SMILES string of the molecule is CCOC1CC(NCCN2CCCCC2)C1OC. The van der Waals surface area contributed by atoms with E-state index < -0.39 is 0 Å². The van der Waals surface area contributed by atoms with E-state index >= 15 is 0 Å². The van der Waals surface area contributed by atoms with Gasteiger partial charge in [0.25, 0.3) is 0 Å². The maximum Gasteiger partial charge on any atom is 0.0986 e. The van der Waals surface area contributed by atoms with Gasteiger partial charge in [-0.05, 0) is 39.3 Å². The quantitative estimate of drug-likeness (QED) is 0.743. The molecule has 1 saturated heterocycles. The van der Waals surface area contributed by atoms with Crippen LogP contribution in [0.2, 0.25) is 0 Å². The monoisotopic (exact) mass is 256 g/mol. The Labute approximate surface area is 111 Å². The molecule has 0 bridgehead atoms. The first-order valence-electron chi connectivity index (χ1n) is 7.45. The van der Waals surface area contributed by atoms with Gasteiger partial charge in [0.05, 0.1) is 12.2 Å². The number of hydrogen-bond acceptors (Lipinski definition) is 4. The molecule has 0 radical (unpaired) electrons. The Morgan fingerprint density at radius 3 is 2.67 bits per heavy atom. The van der Waals surface area contributed by atoms with Crippen LogP contribution in [0, 0.1) is 0 Å². The molecule has 2 rings (SSSR count). The summed E-state index contributed by atoms with van der Waals surface area (Å²) < 4.78 is 11.1. The molecule has 1 saturated carbocycles. The van der Waals surface area contributed by atoms with E-state index in [1.165, 1.54) is 38.9 Å². The lowest BCUT2D eigenvalue weighted by molar-refractivity contribution is -0.131. The first kappa shape index (κ1) is 14.3. The number of methoxy groups -OCH3 is 1. The second kappa shape index (κ2) is 7.43. The minimum atomic E-state index is 0.242. The van der Waals surface area contributed by atoms with E-state index in [0.717, 1.165) is 19.6 Å². The molecule has 0 aromatic heterocycles. The Morgan fingerprint density at radius 2 is 2.00 bits per heavy atom. The van der Waals surface area contributed by atoms with Gasteiger partial charge in [0.1, 0.15) is 0 Å². The van der Waals surface area contributed by atoms with Crippen LogP contribution >= 0.6 is 0 Å². The average molecular weight is 256 g/mol. The Morgan fingerprint density at radius 1 is 1.22 bits per heavy atom. The zero-order valence-corrected chi connectivity index (χ0v) is 11.9. The molecule has 1 heterocycles. The Kier molecular flexibility index (Phi) is 5.89. The smallest absolute Gasteiger partial charge is 0.0986 e. The Balaban J connectivity index is 1.59. The molecule has 1 aliphatic heterocycles. The van der Waals surface area contributed by atoms with Gasteiger partial charge in [-0.15, -0.1) is 0 Å². The molecule has 0 aromatic carbocycles. The van der Waals surface area contributed by atoms with Gasteiger partial charge in [-0.25, -0.2) is 0 Å². The maximum absolute atomic E-state index is 5.63. The summed E-state index contributed by atoms with van der Waals surface area (Å²) in [6.45, 7) is 7.63. The van der Waals surface area contributed by atoms with Crippen LogP contribution in [0.3, 0.4) is 0 Å². The highest BCUT2D eigenvalue weighted by molar-refractivity contribution is 4.97. The maximum atomic E-state index is 5.63. The summed E-state index contributed by atoms with van der Waals surface area (Å²) in [5.74, 6) is 0. The van der Waals surface area contributed by atoms with Crippen molar-refractivity contribution < 1.29 is 9.47 Å². The summed E-state index contributed by atoms with van der Waals surface area (Å²) in [5.41, 5.74) is 0. The van der Waals surface area contributed by atoms with Crippen molar-refractivity contribution in [2.75, 3.05) is 39.9 Å². The number of piperidine rings is 1. The van der Waals surface area contributed by atoms with Gasteiger partial charge in [0.15, 0.2) is 0 Å². The van der Waals surface area contributed by atoms with Gasteiger partial charge in [0.2, 0.25) is 0 Å². The fourth-order valence-electron chi connectivity index (χ4n) is 3.07. The predicted molar refractivity (Wildman–Crippen MR) is 72.9 cm³/mol. The molecule has 1 aliphatic carbocycles. The van der Waals surface area contributed by atoms with Crippen LogP contribution in [0.15, 0.2) is 0 Å². The fourth-order valence-corrected chi connectivity index (χ4v) is 3.07. The minimum Gasteiger partial charge on any atom is -0.377 e. The van der Waals surface area contributed by atoms with E-state index in [1.807, 2.05) is 6.92 Å². The first-order chi connectivity index (χ1) is 8.85. The normalized spacial score (nSPS) is 33.3. The first-order valence-corrected chi connectivity index (χ1v) is 7.45. The summed E-state index contributed by atoms with van der Waals surface area (Å²) in [7, 11) is 1.79. The van der Waals surface area contributed by atoms with Gasteiger partial charge in [-0.1, -0.05) is 6.42 Å². The molecule has 4 heteroatoms. The molecular formula is C14H28N2O2. The largest absolute Gasteiger partial charge is 0.377 e. The van der Waals surface area contributed by atoms with E-state index in [4.69, 9.17) is 9.47 Å². The lowest BCUT2D eigenvalue weighted by Gasteiger charge is -2.43. The van der Waals surface area contributed by atoms with Gasteiger partial charge in [-0.2, -0.15) is 0 Å². The minimum absolute atomic E-state index is 0.242. The third kappa shape index (κ3) is 3.67. The van der Waals surface area contributed by atoms with E-state index in [9.17, 15) is 0 Å². The van der Waals surface area contributed by atoms with Crippen molar-refractivity contribution in [2.45, 2.75) is 50.9 Å². The third-order valence-electron chi connectivity index (χ3n) is 4.19. The van der Waals surface area contributed by atoms with Crippen LogP contribution in [0.25, 0.3) is 0 Å². The van der Waals surface area contributed by atoms with Gasteiger partial charge in [-0.3, -0.25) is 0 Å². The standard InChI is InChI=1S/C14H28N2O2/c1-3-18-13-11-12(14(13)17-2)15-7-10-16-8-5-4-6-9-16/h12-15H,3-11H2,1-2H3. The highest BCUT2D eigenvalue weighted by Crippen LogP contribution is 2.26. The van der Waals surface area contributed by atoms with Gasteiger partial charge >= 0.3 is 0 Å². The van der Waals surface area contributed by atoms with Crippen LogP contribution in [-0.4, -0.2) is 63.0 Å². The lowest BCUT2D eigenvalue weighted by Crippen LogP contribution is -2.60. The highest BCUT2D eigenvalue weighted by Gasteiger charge is 2.41. The number of hydrogen-bond donors (Lipinski definition) is 1. The second-order valence-electron chi connectivity index (χ2n) is 5.39. The molecule has 3 unspecified atom stereocenters. The molecule has 1 N–H and O–H groups in total. The molecule has 0 spiro atoms. The second-order valence-corrected chi connectivity index (χ2v) is 5.39. The molecule has 3 atom stereocenters. The zero-order chi connectivity index (χ0) is 12.8. The molecule has 2 aliphatic rings. The molecular weight excluding hydrogens is 228 g/mol. The van der Waals surface area contributed by atoms with Crippen molar-refractivity contribution in [1.29, 1.82) is 0 Å². The lowest BCUT2D eigenvalue weighted by atomic mass is 9.85. The van der Waals surface area contributed by atoms with Crippen molar-refractivity contribution in [3.63, 3.8) is 0 Å². The van der Waals surface area contributed by atoms with Crippen molar-refractivity contribution in [1.82, 2.24) is 10.2 Å². The van der Waals surface area contributed by atoms with E-state index in [2.05, 4.69) is 10.2 Å². The van der Waals surface area contributed by atoms with Crippen LogP contribution < -0.4 is 5.32 Å². The Hall–Kier alpha value is -0.160. The molecule has 2 fully saturated rings. The molecule has 0 aromatic rings. The summed E-state index contributed by atoms with van der Waals surface area (Å²) in [4.78, 5) is 2.57. The van der Waals surface area contributed by atoms with Crippen LogP contribution in [0.5, 0.6) is 0 Å². The van der Waals surface area contributed by atoms with Crippen LogP contribution in [0.4, 0.5) is 0 Å². The molecule has 106 valence electrons. The summed E-state index contributed by atoms with van der Waals surface area (Å²) in [6.07, 6.45) is 5.78. The van der Waals surface area contributed by atoms with Crippen molar-refractivity contribution >= 4 is 0 Å². The van der Waals surface area contributed by atoms with E-state index in [-0.39, 0.29) is 6.10 Å². The Bertz CT molecular complexity index is 232. The molecule has 4 nitrogen and oxygen atoms in total.